The van der Waals surface area contributed by atoms with Crippen LogP contribution in [0.4, 0.5) is 5.69 Å². The van der Waals surface area contributed by atoms with Crippen LogP contribution in [-0.4, -0.2) is 68.1 Å². The Bertz CT molecular complexity index is 817. The van der Waals surface area contributed by atoms with Crippen LogP contribution in [0.3, 0.4) is 0 Å². The first-order valence-electron chi connectivity index (χ1n) is 12.4. The third-order valence-electron chi connectivity index (χ3n) is 7.41. The van der Waals surface area contributed by atoms with E-state index in [0.29, 0.717) is 0 Å². The van der Waals surface area contributed by atoms with E-state index in [-0.39, 0.29) is 23.3 Å². The number of benzene rings is 1. The number of piperazine rings is 1. The van der Waals surface area contributed by atoms with E-state index in [1.807, 2.05) is 0 Å². The van der Waals surface area contributed by atoms with Gasteiger partial charge in [0.15, 0.2) is 0 Å². The summed E-state index contributed by atoms with van der Waals surface area (Å²) in [4.78, 5) is 20.1. The molecule has 1 saturated heterocycles. The number of carbonyl (C=O) groups excluding carboxylic acids is 1. The molecule has 2 atom stereocenters. The SMILES string of the molecule is Cc1cccc(N2CCN(CCCCNC(=O)C3C=C(C(C)(C)C)N(C)C3C)CC2)c1C. The highest BCUT2D eigenvalue weighted by Crippen LogP contribution is 2.36. The molecule has 1 aromatic rings. The second kappa shape index (κ2) is 10.3. The van der Waals surface area contributed by atoms with Crippen molar-refractivity contribution in [2.45, 2.75) is 60.4 Å². The zero-order valence-corrected chi connectivity index (χ0v) is 21.4. The van der Waals surface area contributed by atoms with Gasteiger partial charge in [-0.15, -0.1) is 0 Å². The van der Waals surface area contributed by atoms with Crippen molar-refractivity contribution < 1.29 is 4.79 Å². The Labute approximate surface area is 195 Å². The molecule has 2 heterocycles. The van der Waals surface area contributed by atoms with Crippen LogP contribution >= 0.6 is 0 Å². The van der Waals surface area contributed by atoms with Crippen LogP contribution in [0.1, 0.15) is 51.7 Å². The summed E-state index contributed by atoms with van der Waals surface area (Å²) in [7, 11) is 2.11. The Balaban J connectivity index is 1.36. The fraction of sp³-hybridized carbons (Fsp3) is 0.667. The molecule has 1 aromatic carbocycles. The molecule has 0 radical (unpaired) electrons. The van der Waals surface area contributed by atoms with E-state index >= 15 is 0 Å². The zero-order chi connectivity index (χ0) is 23.5. The van der Waals surface area contributed by atoms with Crippen molar-refractivity contribution in [1.82, 2.24) is 15.1 Å². The summed E-state index contributed by atoms with van der Waals surface area (Å²) in [6.07, 6.45) is 4.35. The molecule has 5 heteroatoms. The number of anilines is 1. The molecule has 5 nitrogen and oxygen atoms in total. The summed E-state index contributed by atoms with van der Waals surface area (Å²) in [6.45, 7) is 19.5. The predicted octanol–water partition coefficient (Wildman–Crippen LogP) is 4.20. The largest absolute Gasteiger partial charge is 0.374 e. The third kappa shape index (κ3) is 5.67. The van der Waals surface area contributed by atoms with Crippen molar-refractivity contribution in [2.75, 3.05) is 51.2 Å². The normalized spacial score (nSPS) is 22.3. The van der Waals surface area contributed by atoms with E-state index in [2.05, 4.69) is 92.9 Å². The van der Waals surface area contributed by atoms with Gasteiger partial charge in [0.05, 0.1) is 5.92 Å². The monoisotopic (exact) mass is 440 g/mol. The third-order valence-corrected chi connectivity index (χ3v) is 7.41. The highest BCUT2D eigenvalue weighted by atomic mass is 16.1. The maximum absolute atomic E-state index is 12.8. The van der Waals surface area contributed by atoms with E-state index in [9.17, 15) is 4.79 Å². The van der Waals surface area contributed by atoms with Gasteiger partial charge in [0.25, 0.3) is 0 Å². The van der Waals surface area contributed by atoms with Crippen molar-refractivity contribution >= 4 is 11.6 Å². The highest BCUT2D eigenvalue weighted by Gasteiger charge is 2.37. The van der Waals surface area contributed by atoms with Gasteiger partial charge >= 0.3 is 0 Å². The molecule has 2 aliphatic heterocycles. The number of allylic oxidation sites excluding steroid dienone is 1. The maximum Gasteiger partial charge on any atom is 0.229 e. The van der Waals surface area contributed by atoms with Gasteiger partial charge in [0, 0.05) is 62.6 Å². The van der Waals surface area contributed by atoms with Gasteiger partial charge in [-0.25, -0.2) is 0 Å². The lowest BCUT2D eigenvalue weighted by Crippen LogP contribution is -2.47. The molecule has 0 saturated carbocycles. The molecule has 0 aromatic heterocycles. The van der Waals surface area contributed by atoms with Gasteiger partial charge in [-0.1, -0.05) is 39.0 Å². The quantitative estimate of drug-likeness (QED) is 0.645. The summed E-state index contributed by atoms with van der Waals surface area (Å²) in [5, 5.41) is 3.19. The minimum Gasteiger partial charge on any atom is -0.374 e. The van der Waals surface area contributed by atoms with Crippen molar-refractivity contribution in [1.29, 1.82) is 0 Å². The van der Waals surface area contributed by atoms with Gasteiger partial charge in [0.1, 0.15) is 0 Å². The molecule has 1 N–H and O–H groups in total. The molecule has 32 heavy (non-hydrogen) atoms. The topological polar surface area (TPSA) is 38.8 Å². The van der Waals surface area contributed by atoms with E-state index < -0.39 is 0 Å². The fourth-order valence-corrected chi connectivity index (χ4v) is 5.04. The van der Waals surface area contributed by atoms with E-state index in [1.54, 1.807) is 0 Å². The molecule has 0 spiro atoms. The Morgan fingerprint density at radius 3 is 2.41 bits per heavy atom. The molecule has 1 amide bonds. The summed E-state index contributed by atoms with van der Waals surface area (Å²) >= 11 is 0. The number of hydrogen-bond acceptors (Lipinski definition) is 4. The molecule has 0 aliphatic carbocycles. The van der Waals surface area contributed by atoms with E-state index in [0.717, 1.165) is 52.1 Å². The average Bonchev–Trinajstić information content (AvgIpc) is 3.05. The lowest BCUT2D eigenvalue weighted by atomic mass is 9.91. The van der Waals surface area contributed by atoms with Crippen molar-refractivity contribution in [3.63, 3.8) is 0 Å². The number of nitrogens with zero attached hydrogens (tertiary/aromatic N) is 3. The standard InChI is InChI=1S/C27H44N4O/c1-20-11-10-12-24(21(20)2)31-17-15-30(16-18-31)14-9-8-13-28-26(32)23-19-25(27(4,5)6)29(7)22(23)3/h10-12,19,22-23H,8-9,13-18H2,1-7H3,(H,28,32). The van der Waals surface area contributed by atoms with E-state index in [4.69, 9.17) is 0 Å². The lowest BCUT2D eigenvalue weighted by molar-refractivity contribution is -0.124. The molecule has 0 bridgehead atoms. The Kier molecular flexibility index (Phi) is 7.92. The van der Waals surface area contributed by atoms with Crippen LogP contribution < -0.4 is 10.2 Å². The molecular weight excluding hydrogens is 396 g/mol. The number of hydrogen-bond donors (Lipinski definition) is 1. The van der Waals surface area contributed by atoms with Crippen LogP contribution in [0.2, 0.25) is 0 Å². The molecule has 2 aliphatic rings. The van der Waals surface area contributed by atoms with Crippen LogP contribution in [0.5, 0.6) is 0 Å². The minimum atomic E-state index is -0.0487. The Morgan fingerprint density at radius 2 is 1.78 bits per heavy atom. The van der Waals surface area contributed by atoms with Gasteiger partial charge in [0.2, 0.25) is 5.91 Å². The number of rotatable bonds is 7. The molecule has 1 fully saturated rings. The van der Waals surface area contributed by atoms with Crippen molar-refractivity contribution in [3.05, 3.63) is 41.1 Å². The molecule has 2 unspecified atom stereocenters. The highest BCUT2D eigenvalue weighted by molar-refractivity contribution is 5.82. The van der Waals surface area contributed by atoms with Crippen molar-refractivity contribution in [3.8, 4) is 0 Å². The van der Waals surface area contributed by atoms with Gasteiger partial charge in [-0.2, -0.15) is 0 Å². The van der Waals surface area contributed by atoms with Gasteiger partial charge in [-0.3, -0.25) is 9.69 Å². The number of unbranched alkanes of at least 4 members (excludes halogenated alkanes) is 1. The summed E-state index contributed by atoms with van der Waals surface area (Å²) in [5.74, 6) is 0.123. The number of amides is 1. The smallest absolute Gasteiger partial charge is 0.229 e. The van der Waals surface area contributed by atoms with Crippen LogP contribution in [0.15, 0.2) is 30.0 Å². The first-order valence-corrected chi connectivity index (χ1v) is 12.4. The average molecular weight is 441 g/mol. The Hall–Kier alpha value is -2.01. The van der Waals surface area contributed by atoms with Gasteiger partial charge < -0.3 is 15.1 Å². The predicted molar refractivity (Wildman–Crippen MR) is 135 cm³/mol. The summed E-state index contributed by atoms with van der Waals surface area (Å²) in [5.41, 5.74) is 5.51. The molecular formula is C27H44N4O. The van der Waals surface area contributed by atoms with Gasteiger partial charge in [-0.05, 0) is 57.4 Å². The second-order valence-electron chi connectivity index (χ2n) is 10.7. The van der Waals surface area contributed by atoms with Crippen molar-refractivity contribution in [2.24, 2.45) is 11.3 Å². The maximum atomic E-state index is 12.8. The number of aryl methyl sites for hydroxylation is 1. The molecule has 178 valence electrons. The summed E-state index contributed by atoms with van der Waals surface area (Å²) < 4.78 is 0. The fourth-order valence-electron chi connectivity index (χ4n) is 5.04. The Morgan fingerprint density at radius 1 is 1.09 bits per heavy atom. The number of carbonyl (C=O) groups is 1. The van der Waals surface area contributed by atoms with Crippen LogP contribution in [0.25, 0.3) is 0 Å². The first-order chi connectivity index (χ1) is 15.1. The lowest BCUT2D eigenvalue weighted by Gasteiger charge is -2.37. The minimum absolute atomic E-state index is 0.0487. The van der Waals surface area contributed by atoms with E-state index in [1.165, 1.54) is 22.5 Å². The molecule has 3 rings (SSSR count). The summed E-state index contributed by atoms with van der Waals surface area (Å²) in [6, 6.07) is 6.84. The zero-order valence-electron chi connectivity index (χ0n) is 21.4. The van der Waals surface area contributed by atoms with Crippen LogP contribution in [-0.2, 0) is 4.79 Å². The first kappa shape index (κ1) is 24.6. The van der Waals surface area contributed by atoms with Crippen LogP contribution in [0, 0.1) is 25.2 Å². The second-order valence-corrected chi connectivity index (χ2v) is 10.7. The number of nitrogens with one attached hydrogen (secondary N) is 1.